The van der Waals surface area contributed by atoms with Crippen LogP contribution in [-0.2, 0) is 16.0 Å². The fourth-order valence-corrected chi connectivity index (χ4v) is 3.54. The van der Waals surface area contributed by atoms with Crippen LogP contribution in [0.2, 0.25) is 0 Å². The van der Waals surface area contributed by atoms with Crippen LogP contribution in [0.15, 0.2) is 72.8 Å². The predicted molar refractivity (Wildman–Crippen MR) is 123 cm³/mol. The number of nitrogens with zero attached hydrogens (tertiary/aromatic N) is 1. The van der Waals surface area contributed by atoms with E-state index in [2.05, 4.69) is 10.6 Å². The average Bonchev–Trinajstić information content (AvgIpc) is 2.82. The van der Waals surface area contributed by atoms with E-state index in [1.54, 1.807) is 42.5 Å². The Morgan fingerprint density at radius 2 is 1.72 bits per heavy atom. The Labute approximate surface area is 186 Å². The molecule has 0 saturated carbocycles. The molecule has 4 rings (SSSR count). The molecular formula is C25H23N3O4. The van der Waals surface area contributed by atoms with Crippen LogP contribution in [-0.4, -0.2) is 30.9 Å². The molecule has 0 saturated heterocycles. The fraction of sp³-hybridized carbons (Fsp3) is 0.160. The lowest BCUT2D eigenvalue weighted by Gasteiger charge is -2.29. The van der Waals surface area contributed by atoms with Crippen LogP contribution >= 0.6 is 0 Å². The van der Waals surface area contributed by atoms with Gasteiger partial charge in [-0.25, -0.2) is 0 Å². The Hall–Kier alpha value is -4.13. The number of hydrogen-bond acceptors (Lipinski definition) is 4. The number of nitrogens with one attached hydrogen (secondary N) is 2. The molecule has 1 heterocycles. The highest BCUT2D eigenvalue weighted by atomic mass is 16.5. The number of benzene rings is 3. The second kappa shape index (κ2) is 9.34. The van der Waals surface area contributed by atoms with Crippen molar-refractivity contribution in [2.45, 2.75) is 13.3 Å². The van der Waals surface area contributed by atoms with Crippen molar-refractivity contribution in [3.05, 3.63) is 83.9 Å². The molecule has 3 aromatic rings. The summed E-state index contributed by atoms with van der Waals surface area (Å²) in [6.45, 7) is 1.86. The van der Waals surface area contributed by atoms with Gasteiger partial charge in [-0.1, -0.05) is 37.3 Å². The lowest BCUT2D eigenvalue weighted by atomic mass is 10.1. The molecular weight excluding hydrogens is 406 g/mol. The van der Waals surface area contributed by atoms with Crippen molar-refractivity contribution in [1.29, 1.82) is 0 Å². The minimum absolute atomic E-state index is 0.0507. The molecule has 0 aromatic heterocycles. The van der Waals surface area contributed by atoms with Crippen molar-refractivity contribution in [1.82, 2.24) is 0 Å². The van der Waals surface area contributed by atoms with E-state index in [0.717, 1.165) is 12.0 Å². The molecule has 0 spiro atoms. The summed E-state index contributed by atoms with van der Waals surface area (Å²) >= 11 is 0. The lowest BCUT2D eigenvalue weighted by Crippen LogP contribution is -2.42. The molecule has 3 aromatic carbocycles. The number of para-hydroxylation sites is 3. The van der Waals surface area contributed by atoms with Crippen LogP contribution in [0, 0.1) is 0 Å². The topological polar surface area (TPSA) is 87.7 Å². The summed E-state index contributed by atoms with van der Waals surface area (Å²) in [7, 11) is 0. The highest BCUT2D eigenvalue weighted by Gasteiger charge is 2.27. The molecule has 3 amide bonds. The van der Waals surface area contributed by atoms with Crippen LogP contribution < -0.4 is 20.3 Å². The van der Waals surface area contributed by atoms with Gasteiger partial charge in [0, 0.05) is 11.3 Å². The number of hydrogen-bond donors (Lipinski definition) is 2. The smallest absolute Gasteiger partial charge is 0.262 e. The zero-order valence-electron chi connectivity index (χ0n) is 17.6. The fourth-order valence-electron chi connectivity index (χ4n) is 3.54. The van der Waals surface area contributed by atoms with Crippen LogP contribution in [0.5, 0.6) is 5.75 Å². The molecule has 0 unspecified atom stereocenters. The minimum Gasteiger partial charge on any atom is -0.483 e. The molecule has 0 aliphatic carbocycles. The van der Waals surface area contributed by atoms with Crippen molar-refractivity contribution in [2.75, 3.05) is 28.7 Å². The van der Waals surface area contributed by atoms with Gasteiger partial charge in [0.1, 0.15) is 12.3 Å². The van der Waals surface area contributed by atoms with Gasteiger partial charge in [-0.3, -0.25) is 19.3 Å². The van der Waals surface area contributed by atoms with Crippen molar-refractivity contribution in [2.24, 2.45) is 0 Å². The number of fused-ring (bicyclic) bond motifs is 1. The molecule has 0 bridgehead atoms. The largest absolute Gasteiger partial charge is 0.483 e. The van der Waals surface area contributed by atoms with E-state index in [4.69, 9.17) is 4.74 Å². The molecule has 1 aliphatic rings. The van der Waals surface area contributed by atoms with Gasteiger partial charge in [0.25, 0.3) is 11.8 Å². The van der Waals surface area contributed by atoms with E-state index < -0.39 is 0 Å². The highest BCUT2D eigenvalue weighted by molar-refractivity contribution is 6.15. The molecule has 1 aliphatic heterocycles. The van der Waals surface area contributed by atoms with Crippen LogP contribution in [0.4, 0.5) is 17.1 Å². The van der Waals surface area contributed by atoms with Gasteiger partial charge in [0.05, 0.1) is 11.4 Å². The number of amides is 3. The summed E-state index contributed by atoms with van der Waals surface area (Å²) in [6.07, 6.45) is 0.816. The Morgan fingerprint density at radius 3 is 2.50 bits per heavy atom. The average molecular weight is 429 g/mol. The maximum absolute atomic E-state index is 13.0. The SMILES string of the molecule is CCc1ccccc1OCC(=O)Nc1ccc(C(=O)N2CC(=O)Nc3ccccc32)cc1. The third kappa shape index (κ3) is 4.62. The summed E-state index contributed by atoms with van der Waals surface area (Å²) in [6, 6.07) is 21.3. The predicted octanol–water partition coefficient (Wildman–Crippen LogP) is 3.87. The zero-order valence-corrected chi connectivity index (χ0v) is 17.6. The van der Waals surface area contributed by atoms with Crippen molar-refractivity contribution in [3.63, 3.8) is 0 Å². The monoisotopic (exact) mass is 429 g/mol. The highest BCUT2D eigenvalue weighted by Crippen LogP contribution is 2.30. The lowest BCUT2D eigenvalue weighted by molar-refractivity contribution is -0.118. The molecule has 0 fully saturated rings. The van der Waals surface area contributed by atoms with Crippen LogP contribution in [0.1, 0.15) is 22.8 Å². The second-order valence-corrected chi connectivity index (χ2v) is 7.33. The van der Waals surface area contributed by atoms with Gasteiger partial charge in [0.2, 0.25) is 5.91 Å². The third-order valence-corrected chi connectivity index (χ3v) is 5.14. The maximum atomic E-state index is 13.0. The molecule has 7 nitrogen and oxygen atoms in total. The first-order chi connectivity index (χ1) is 15.5. The van der Waals surface area contributed by atoms with E-state index in [-0.39, 0.29) is 30.9 Å². The van der Waals surface area contributed by atoms with Gasteiger partial charge >= 0.3 is 0 Å². The van der Waals surface area contributed by atoms with Crippen molar-refractivity contribution < 1.29 is 19.1 Å². The molecule has 0 atom stereocenters. The minimum atomic E-state index is -0.295. The Balaban J connectivity index is 1.39. The van der Waals surface area contributed by atoms with Crippen molar-refractivity contribution >= 4 is 34.8 Å². The molecule has 162 valence electrons. The number of ether oxygens (including phenoxy) is 1. The van der Waals surface area contributed by atoms with Gasteiger partial charge in [-0.2, -0.15) is 0 Å². The first kappa shape index (κ1) is 21.1. The molecule has 7 heteroatoms. The summed E-state index contributed by atoms with van der Waals surface area (Å²) in [5.41, 5.74) is 3.26. The summed E-state index contributed by atoms with van der Waals surface area (Å²) in [4.78, 5) is 38.7. The van der Waals surface area contributed by atoms with Gasteiger partial charge < -0.3 is 15.4 Å². The summed E-state index contributed by atoms with van der Waals surface area (Å²) < 4.78 is 5.64. The third-order valence-electron chi connectivity index (χ3n) is 5.14. The van der Waals surface area contributed by atoms with Gasteiger partial charge in [-0.15, -0.1) is 0 Å². The summed E-state index contributed by atoms with van der Waals surface area (Å²) in [5, 5.41) is 5.53. The van der Waals surface area contributed by atoms with E-state index in [1.807, 2.05) is 37.3 Å². The zero-order chi connectivity index (χ0) is 22.5. The normalized spacial score (nSPS) is 12.5. The first-order valence-electron chi connectivity index (χ1n) is 10.4. The number of carbonyl (C=O) groups is 3. The van der Waals surface area contributed by atoms with Crippen molar-refractivity contribution in [3.8, 4) is 5.75 Å². The van der Waals surface area contributed by atoms with E-state index >= 15 is 0 Å². The first-order valence-corrected chi connectivity index (χ1v) is 10.4. The summed E-state index contributed by atoms with van der Waals surface area (Å²) in [5.74, 6) is -0.135. The molecule has 2 N–H and O–H groups in total. The number of aryl methyl sites for hydroxylation is 1. The standard InChI is InChI=1S/C25H23N3O4/c1-2-17-7-3-6-10-22(17)32-16-24(30)26-19-13-11-18(12-14-19)25(31)28-15-23(29)27-20-8-4-5-9-21(20)28/h3-14H,2,15-16H2,1H3,(H,26,30)(H,27,29). The number of rotatable bonds is 6. The quantitative estimate of drug-likeness (QED) is 0.623. The molecule has 32 heavy (non-hydrogen) atoms. The second-order valence-electron chi connectivity index (χ2n) is 7.33. The van der Waals surface area contributed by atoms with E-state index in [9.17, 15) is 14.4 Å². The van der Waals surface area contributed by atoms with Gasteiger partial charge in [0.15, 0.2) is 6.61 Å². The number of carbonyl (C=O) groups excluding carboxylic acids is 3. The molecule has 0 radical (unpaired) electrons. The van der Waals surface area contributed by atoms with E-state index in [1.165, 1.54) is 4.90 Å². The number of anilines is 3. The van der Waals surface area contributed by atoms with Gasteiger partial charge in [-0.05, 0) is 54.4 Å². The Kier molecular flexibility index (Phi) is 6.17. The maximum Gasteiger partial charge on any atom is 0.262 e. The van der Waals surface area contributed by atoms with E-state index in [0.29, 0.717) is 28.4 Å². The van der Waals surface area contributed by atoms with Crippen LogP contribution in [0.3, 0.4) is 0 Å². The van der Waals surface area contributed by atoms with Crippen LogP contribution in [0.25, 0.3) is 0 Å². The Bertz CT molecular complexity index is 1160. The Morgan fingerprint density at radius 1 is 1.00 bits per heavy atom.